The minimum absolute atomic E-state index is 0. The van der Waals surface area contributed by atoms with E-state index in [0.717, 1.165) is 5.56 Å². The Hall–Kier alpha value is -0.380. The van der Waals surface area contributed by atoms with Gasteiger partial charge >= 0.3 is 0 Å². The third-order valence-corrected chi connectivity index (χ3v) is 9.03. The van der Waals surface area contributed by atoms with Gasteiger partial charge in [0.2, 0.25) is 10.0 Å². The standard InChI is InChI=1S/C15H21ClN2O4S2.ClH/c16-13-3-1-2-12(10-13)15-11-17-6-7-18(15)24(21,22)14-4-8-23(19,20)9-5-14;/h1-3,10,14-15,17H,4-9,11H2;1H. The summed E-state index contributed by atoms with van der Waals surface area (Å²) in [5, 5.41) is 3.17. The van der Waals surface area contributed by atoms with Gasteiger partial charge in [-0.3, -0.25) is 0 Å². The first-order chi connectivity index (χ1) is 11.3. The Kier molecular flexibility index (Phi) is 6.78. The van der Waals surface area contributed by atoms with Crippen LogP contribution < -0.4 is 5.32 Å². The van der Waals surface area contributed by atoms with Crippen molar-refractivity contribution in [1.82, 2.24) is 9.62 Å². The van der Waals surface area contributed by atoms with Crippen molar-refractivity contribution in [2.75, 3.05) is 31.1 Å². The number of nitrogens with one attached hydrogen (secondary N) is 1. The van der Waals surface area contributed by atoms with Crippen molar-refractivity contribution in [1.29, 1.82) is 0 Å². The normalized spacial score (nSPS) is 25.2. The second-order valence-corrected chi connectivity index (χ2v) is 11.2. The molecule has 0 saturated carbocycles. The largest absolute Gasteiger partial charge is 0.313 e. The summed E-state index contributed by atoms with van der Waals surface area (Å²) in [5.41, 5.74) is 0.849. The first kappa shape index (κ1) is 20.9. The smallest absolute Gasteiger partial charge is 0.217 e. The molecular weight excluding hydrogens is 407 g/mol. The quantitative estimate of drug-likeness (QED) is 0.790. The number of sulfone groups is 1. The summed E-state index contributed by atoms with van der Waals surface area (Å²) >= 11 is 6.05. The number of rotatable bonds is 3. The molecule has 1 N–H and O–H groups in total. The van der Waals surface area contributed by atoms with Crippen molar-refractivity contribution in [3.63, 3.8) is 0 Å². The summed E-state index contributed by atoms with van der Waals surface area (Å²) < 4.78 is 50.9. The molecule has 25 heavy (non-hydrogen) atoms. The van der Waals surface area contributed by atoms with E-state index in [4.69, 9.17) is 11.6 Å². The third-order valence-electron chi connectivity index (χ3n) is 4.68. The molecule has 2 heterocycles. The summed E-state index contributed by atoms with van der Waals surface area (Å²) in [7, 11) is -6.65. The predicted molar refractivity (Wildman–Crippen MR) is 102 cm³/mol. The highest BCUT2D eigenvalue weighted by atomic mass is 35.5. The lowest BCUT2D eigenvalue weighted by Gasteiger charge is -2.38. The maximum Gasteiger partial charge on any atom is 0.217 e. The molecule has 10 heteroatoms. The lowest BCUT2D eigenvalue weighted by atomic mass is 10.1. The number of sulfonamides is 1. The van der Waals surface area contributed by atoms with Crippen LogP contribution in [-0.4, -0.2) is 57.5 Å². The van der Waals surface area contributed by atoms with E-state index in [2.05, 4.69) is 5.32 Å². The van der Waals surface area contributed by atoms with Crippen molar-refractivity contribution in [3.05, 3.63) is 34.9 Å². The minimum Gasteiger partial charge on any atom is -0.313 e. The fourth-order valence-corrected chi connectivity index (χ4v) is 7.45. The summed E-state index contributed by atoms with van der Waals surface area (Å²) in [6, 6.07) is 6.90. The Morgan fingerprint density at radius 3 is 2.52 bits per heavy atom. The van der Waals surface area contributed by atoms with Crippen molar-refractivity contribution >= 4 is 43.9 Å². The van der Waals surface area contributed by atoms with Crippen LogP contribution in [0.1, 0.15) is 24.4 Å². The molecule has 1 atom stereocenters. The number of hydrogen-bond donors (Lipinski definition) is 1. The molecule has 2 fully saturated rings. The Morgan fingerprint density at radius 2 is 1.88 bits per heavy atom. The van der Waals surface area contributed by atoms with Crippen molar-refractivity contribution < 1.29 is 16.8 Å². The van der Waals surface area contributed by atoms with E-state index in [9.17, 15) is 16.8 Å². The van der Waals surface area contributed by atoms with Crippen LogP contribution in [0.25, 0.3) is 0 Å². The van der Waals surface area contributed by atoms with Crippen LogP contribution in [0.15, 0.2) is 24.3 Å². The van der Waals surface area contributed by atoms with Crippen LogP contribution in [0.4, 0.5) is 0 Å². The predicted octanol–water partition coefficient (Wildman–Crippen LogP) is 1.62. The Labute approximate surface area is 160 Å². The van der Waals surface area contributed by atoms with Gasteiger partial charge in [0.15, 0.2) is 0 Å². The molecule has 2 saturated heterocycles. The maximum atomic E-state index is 13.1. The van der Waals surface area contributed by atoms with Crippen molar-refractivity contribution in [2.24, 2.45) is 0 Å². The van der Waals surface area contributed by atoms with Gasteiger partial charge in [0.05, 0.1) is 22.8 Å². The summed E-state index contributed by atoms with van der Waals surface area (Å²) in [6.07, 6.45) is 0.355. The first-order valence-electron chi connectivity index (χ1n) is 7.97. The van der Waals surface area contributed by atoms with Crippen LogP contribution in [0.5, 0.6) is 0 Å². The average Bonchev–Trinajstić information content (AvgIpc) is 2.54. The molecule has 0 amide bonds. The fourth-order valence-electron chi connectivity index (χ4n) is 3.35. The van der Waals surface area contributed by atoms with E-state index >= 15 is 0 Å². The van der Waals surface area contributed by atoms with Gasteiger partial charge in [-0.05, 0) is 30.5 Å². The summed E-state index contributed by atoms with van der Waals surface area (Å²) in [5.74, 6) is -0.102. The van der Waals surface area contributed by atoms with Gasteiger partial charge in [-0.2, -0.15) is 4.31 Å². The Morgan fingerprint density at radius 1 is 1.20 bits per heavy atom. The van der Waals surface area contributed by atoms with E-state index in [1.165, 1.54) is 4.31 Å². The number of piperazine rings is 1. The topological polar surface area (TPSA) is 83.5 Å². The highest BCUT2D eigenvalue weighted by molar-refractivity contribution is 7.92. The zero-order chi connectivity index (χ0) is 17.4. The fraction of sp³-hybridized carbons (Fsp3) is 0.600. The molecule has 6 nitrogen and oxygen atoms in total. The van der Waals surface area contributed by atoms with Gasteiger partial charge in [-0.1, -0.05) is 23.7 Å². The minimum atomic E-state index is -3.56. The van der Waals surface area contributed by atoms with Crippen molar-refractivity contribution in [2.45, 2.75) is 24.1 Å². The lowest BCUT2D eigenvalue weighted by molar-refractivity contribution is 0.267. The molecule has 0 aliphatic carbocycles. The van der Waals surface area contributed by atoms with Gasteiger partial charge in [-0.25, -0.2) is 16.8 Å². The second kappa shape index (κ2) is 8.10. The molecule has 1 aromatic rings. The van der Waals surface area contributed by atoms with Crippen LogP contribution in [0.2, 0.25) is 5.02 Å². The highest BCUT2D eigenvalue weighted by Crippen LogP contribution is 2.31. The van der Waals surface area contributed by atoms with Crippen LogP contribution >= 0.6 is 24.0 Å². The maximum absolute atomic E-state index is 13.1. The van der Waals surface area contributed by atoms with E-state index in [1.807, 2.05) is 12.1 Å². The molecule has 3 rings (SSSR count). The third kappa shape index (κ3) is 4.67. The molecule has 2 aliphatic rings. The van der Waals surface area contributed by atoms with Crippen LogP contribution in [-0.2, 0) is 19.9 Å². The molecule has 1 aromatic carbocycles. The van der Waals surface area contributed by atoms with Crippen molar-refractivity contribution in [3.8, 4) is 0 Å². The SMILES string of the molecule is Cl.O=S1(=O)CCC(S(=O)(=O)N2CCNCC2c2cccc(Cl)c2)CC1. The first-order valence-corrected chi connectivity index (χ1v) is 11.7. The van der Waals surface area contributed by atoms with Gasteiger partial charge in [-0.15, -0.1) is 12.4 Å². The van der Waals surface area contributed by atoms with Crippen LogP contribution in [0, 0.1) is 0 Å². The van der Waals surface area contributed by atoms with E-state index in [-0.39, 0.29) is 42.8 Å². The summed E-state index contributed by atoms with van der Waals surface area (Å²) in [4.78, 5) is 0. The average molecular weight is 429 g/mol. The molecular formula is C15H22Cl2N2O4S2. The molecule has 142 valence electrons. The number of benzene rings is 1. The van der Waals surface area contributed by atoms with Crippen LogP contribution in [0.3, 0.4) is 0 Å². The number of nitrogens with zero attached hydrogens (tertiary/aromatic N) is 1. The van der Waals surface area contributed by atoms with Gasteiger partial charge in [0.1, 0.15) is 9.84 Å². The molecule has 0 radical (unpaired) electrons. The second-order valence-electron chi connectivity index (χ2n) is 6.28. The van der Waals surface area contributed by atoms with Gasteiger partial charge in [0, 0.05) is 24.7 Å². The highest BCUT2D eigenvalue weighted by Gasteiger charge is 2.40. The molecule has 0 aromatic heterocycles. The van der Waals surface area contributed by atoms with E-state index in [1.54, 1.807) is 12.1 Å². The zero-order valence-electron chi connectivity index (χ0n) is 13.6. The monoisotopic (exact) mass is 428 g/mol. The summed E-state index contributed by atoms with van der Waals surface area (Å²) in [6.45, 7) is 1.48. The van der Waals surface area contributed by atoms with Gasteiger partial charge < -0.3 is 5.32 Å². The molecule has 2 aliphatic heterocycles. The Balaban J connectivity index is 0.00000225. The van der Waals surface area contributed by atoms with E-state index in [0.29, 0.717) is 24.7 Å². The zero-order valence-corrected chi connectivity index (χ0v) is 16.8. The number of hydrogen-bond acceptors (Lipinski definition) is 5. The molecule has 0 spiro atoms. The van der Waals surface area contributed by atoms with Gasteiger partial charge in [0.25, 0.3) is 0 Å². The molecule has 1 unspecified atom stereocenters. The lowest BCUT2D eigenvalue weighted by Crippen LogP contribution is -2.52. The Bertz CT molecular complexity index is 801. The molecule has 0 bridgehead atoms. The van der Waals surface area contributed by atoms with E-state index < -0.39 is 25.1 Å². The number of halogens is 2.